The highest BCUT2D eigenvalue weighted by Crippen LogP contribution is 2.26. The molecule has 1 aliphatic carbocycles. The predicted octanol–water partition coefficient (Wildman–Crippen LogP) is 3.59. The summed E-state index contributed by atoms with van der Waals surface area (Å²) >= 11 is 11.9. The summed E-state index contributed by atoms with van der Waals surface area (Å²) in [6.45, 7) is 0.585. The second kappa shape index (κ2) is 8.84. The van der Waals surface area contributed by atoms with Crippen molar-refractivity contribution in [1.82, 2.24) is 5.32 Å². The van der Waals surface area contributed by atoms with Crippen LogP contribution in [0, 0.1) is 5.92 Å². The average molecular weight is 352 g/mol. The summed E-state index contributed by atoms with van der Waals surface area (Å²) in [6, 6.07) is 5.61. The van der Waals surface area contributed by atoms with Crippen molar-refractivity contribution < 1.29 is 4.79 Å². The van der Waals surface area contributed by atoms with E-state index in [1.807, 2.05) is 12.1 Å². The van der Waals surface area contributed by atoms with Crippen LogP contribution < -0.4 is 11.1 Å². The average Bonchev–Trinajstić information content (AvgIpc) is 2.78. The molecule has 1 aliphatic rings. The number of halogens is 3. The molecule has 1 fully saturated rings. The first-order valence-electron chi connectivity index (χ1n) is 7.02. The number of benzene rings is 1. The van der Waals surface area contributed by atoms with Crippen molar-refractivity contribution >= 4 is 41.5 Å². The zero-order valence-electron chi connectivity index (χ0n) is 11.8. The van der Waals surface area contributed by atoms with Crippen LogP contribution in [0.5, 0.6) is 0 Å². The summed E-state index contributed by atoms with van der Waals surface area (Å²) in [5, 5.41) is 4.20. The Bertz CT molecular complexity index is 482. The fourth-order valence-corrected chi connectivity index (χ4v) is 3.19. The van der Waals surface area contributed by atoms with Crippen LogP contribution in [-0.2, 0) is 11.2 Å². The fourth-order valence-electron chi connectivity index (χ4n) is 2.69. The molecule has 1 amide bonds. The number of amides is 1. The van der Waals surface area contributed by atoms with Gasteiger partial charge in [0.05, 0.1) is 0 Å². The van der Waals surface area contributed by atoms with E-state index in [-0.39, 0.29) is 24.4 Å². The molecule has 21 heavy (non-hydrogen) atoms. The second-order valence-corrected chi connectivity index (χ2v) is 6.24. The largest absolute Gasteiger partial charge is 0.356 e. The van der Waals surface area contributed by atoms with Crippen molar-refractivity contribution in [2.75, 3.05) is 6.54 Å². The van der Waals surface area contributed by atoms with Gasteiger partial charge in [-0.25, -0.2) is 0 Å². The van der Waals surface area contributed by atoms with Gasteiger partial charge in [0, 0.05) is 29.1 Å². The van der Waals surface area contributed by atoms with E-state index in [2.05, 4.69) is 5.32 Å². The summed E-state index contributed by atoms with van der Waals surface area (Å²) in [7, 11) is 0. The minimum absolute atomic E-state index is 0. The second-order valence-electron chi connectivity index (χ2n) is 5.39. The summed E-state index contributed by atoms with van der Waals surface area (Å²) in [4.78, 5) is 11.9. The molecule has 0 unspecified atom stereocenters. The Hall–Kier alpha value is -0.480. The molecule has 0 bridgehead atoms. The van der Waals surface area contributed by atoms with E-state index >= 15 is 0 Å². The van der Waals surface area contributed by atoms with Gasteiger partial charge >= 0.3 is 0 Å². The molecule has 0 radical (unpaired) electrons. The van der Waals surface area contributed by atoms with E-state index < -0.39 is 0 Å². The highest BCUT2D eigenvalue weighted by Gasteiger charge is 2.25. The molecule has 0 aliphatic heterocycles. The van der Waals surface area contributed by atoms with Crippen LogP contribution in [0.3, 0.4) is 0 Å². The van der Waals surface area contributed by atoms with E-state index in [4.69, 9.17) is 28.9 Å². The zero-order valence-corrected chi connectivity index (χ0v) is 14.1. The van der Waals surface area contributed by atoms with Gasteiger partial charge < -0.3 is 11.1 Å². The van der Waals surface area contributed by atoms with Gasteiger partial charge in [-0.1, -0.05) is 35.7 Å². The lowest BCUT2D eigenvalue weighted by Gasteiger charge is -2.14. The van der Waals surface area contributed by atoms with Crippen molar-refractivity contribution in [3.8, 4) is 0 Å². The highest BCUT2D eigenvalue weighted by molar-refractivity contribution is 6.35. The van der Waals surface area contributed by atoms with E-state index in [1.165, 1.54) is 0 Å². The van der Waals surface area contributed by atoms with Gasteiger partial charge in [0.2, 0.25) is 5.91 Å². The lowest BCUT2D eigenvalue weighted by Crippen LogP contribution is -2.32. The molecular formula is C15H21Cl3N2O. The first kappa shape index (κ1) is 18.6. The Morgan fingerprint density at radius 2 is 2.10 bits per heavy atom. The third-order valence-corrected chi connectivity index (χ3v) is 4.48. The highest BCUT2D eigenvalue weighted by atomic mass is 35.5. The first-order chi connectivity index (χ1) is 9.56. The molecular weight excluding hydrogens is 331 g/mol. The molecule has 6 heteroatoms. The molecule has 2 atom stereocenters. The van der Waals surface area contributed by atoms with E-state index in [0.29, 0.717) is 35.3 Å². The predicted molar refractivity (Wildman–Crippen MR) is 90.4 cm³/mol. The number of hydrogen-bond acceptors (Lipinski definition) is 2. The molecule has 3 N–H and O–H groups in total. The van der Waals surface area contributed by atoms with Crippen molar-refractivity contribution in [2.24, 2.45) is 11.7 Å². The maximum absolute atomic E-state index is 11.9. The van der Waals surface area contributed by atoms with Gasteiger partial charge in [0.1, 0.15) is 0 Å². The number of nitrogens with one attached hydrogen (secondary N) is 1. The molecule has 1 aromatic rings. The molecule has 118 valence electrons. The van der Waals surface area contributed by atoms with Gasteiger partial charge in [0.15, 0.2) is 0 Å². The van der Waals surface area contributed by atoms with E-state index in [9.17, 15) is 4.79 Å². The van der Waals surface area contributed by atoms with Crippen LogP contribution >= 0.6 is 35.6 Å². The van der Waals surface area contributed by atoms with Crippen LogP contribution in [0.15, 0.2) is 18.2 Å². The Morgan fingerprint density at radius 1 is 1.33 bits per heavy atom. The van der Waals surface area contributed by atoms with Crippen LogP contribution in [-0.4, -0.2) is 18.5 Å². The molecule has 2 rings (SSSR count). The molecule has 0 saturated heterocycles. The van der Waals surface area contributed by atoms with Gasteiger partial charge in [0.25, 0.3) is 0 Å². The lowest BCUT2D eigenvalue weighted by molar-refractivity contribution is -0.122. The quantitative estimate of drug-likeness (QED) is 0.851. The SMILES string of the molecule is Cl.N[C@@H]1CCC[C@H]1CC(=O)NCCc1ccc(Cl)cc1Cl. The normalized spacial score (nSPS) is 20.9. The van der Waals surface area contributed by atoms with Gasteiger partial charge in [-0.2, -0.15) is 0 Å². The zero-order chi connectivity index (χ0) is 14.5. The summed E-state index contributed by atoms with van der Waals surface area (Å²) in [5.41, 5.74) is 6.97. The first-order valence-corrected chi connectivity index (χ1v) is 7.78. The van der Waals surface area contributed by atoms with Gasteiger partial charge in [-0.3, -0.25) is 4.79 Å². The minimum atomic E-state index is 0. The molecule has 3 nitrogen and oxygen atoms in total. The maximum atomic E-state index is 11.9. The summed E-state index contributed by atoms with van der Waals surface area (Å²) in [5.74, 6) is 0.423. The van der Waals surface area contributed by atoms with Crippen molar-refractivity contribution in [2.45, 2.75) is 38.1 Å². The number of nitrogens with two attached hydrogens (primary N) is 1. The molecule has 1 saturated carbocycles. The van der Waals surface area contributed by atoms with Crippen LogP contribution in [0.2, 0.25) is 10.0 Å². The fraction of sp³-hybridized carbons (Fsp3) is 0.533. The Morgan fingerprint density at radius 3 is 2.71 bits per heavy atom. The third-order valence-electron chi connectivity index (χ3n) is 3.90. The number of carbonyl (C=O) groups is 1. The lowest BCUT2D eigenvalue weighted by atomic mass is 10.00. The minimum Gasteiger partial charge on any atom is -0.356 e. The Balaban J connectivity index is 0.00000220. The molecule has 0 spiro atoms. The van der Waals surface area contributed by atoms with Crippen LogP contribution in [0.4, 0.5) is 0 Å². The standard InChI is InChI=1S/C15H20Cl2N2O.ClH/c16-12-5-4-10(13(17)9-12)6-7-19-15(20)8-11-2-1-3-14(11)18;/h4-5,9,11,14H,1-3,6-8,18H2,(H,19,20);1H/t11-,14+;/m0./s1. The third kappa shape index (κ3) is 5.67. The van der Waals surface area contributed by atoms with Crippen LogP contribution in [0.25, 0.3) is 0 Å². The van der Waals surface area contributed by atoms with E-state index in [0.717, 1.165) is 24.8 Å². The summed E-state index contributed by atoms with van der Waals surface area (Å²) in [6.07, 6.45) is 4.49. The molecule has 0 heterocycles. The topological polar surface area (TPSA) is 55.1 Å². The van der Waals surface area contributed by atoms with Gasteiger partial charge in [-0.05, 0) is 42.9 Å². The van der Waals surface area contributed by atoms with Crippen molar-refractivity contribution in [3.05, 3.63) is 33.8 Å². The van der Waals surface area contributed by atoms with Crippen LogP contribution in [0.1, 0.15) is 31.2 Å². The number of carbonyl (C=O) groups excluding carboxylic acids is 1. The molecule has 1 aromatic carbocycles. The Kier molecular flexibility index (Phi) is 7.82. The Labute approximate surface area is 142 Å². The monoisotopic (exact) mass is 350 g/mol. The molecule has 0 aromatic heterocycles. The maximum Gasteiger partial charge on any atom is 0.220 e. The van der Waals surface area contributed by atoms with Crippen molar-refractivity contribution in [3.63, 3.8) is 0 Å². The van der Waals surface area contributed by atoms with E-state index in [1.54, 1.807) is 6.07 Å². The van der Waals surface area contributed by atoms with Crippen molar-refractivity contribution in [1.29, 1.82) is 0 Å². The number of hydrogen-bond donors (Lipinski definition) is 2. The smallest absolute Gasteiger partial charge is 0.220 e. The van der Waals surface area contributed by atoms with Gasteiger partial charge in [-0.15, -0.1) is 12.4 Å². The number of rotatable bonds is 5. The summed E-state index contributed by atoms with van der Waals surface area (Å²) < 4.78 is 0.